The van der Waals surface area contributed by atoms with Crippen LogP contribution in [0.2, 0.25) is 0 Å². The highest BCUT2D eigenvalue weighted by atomic mass is 16.5. The van der Waals surface area contributed by atoms with Crippen molar-refractivity contribution in [2.24, 2.45) is 0 Å². The summed E-state index contributed by atoms with van der Waals surface area (Å²) in [6.45, 7) is 7.05. The molecule has 2 heterocycles. The summed E-state index contributed by atoms with van der Waals surface area (Å²) in [4.78, 5) is 28.7. The van der Waals surface area contributed by atoms with Gasteiger partial charge in [0.15, 0.2) is 12.4 Å². The highest BCUT2D eigenvalue weighted by Gasteiger charge is 2.23. The number of carbonyl (C=O) groups excluding carboxylic acids is 2. The lowest BCUT2D eigenvalue weighted by atomic mass is 9.99. The largest absolute Gasteiger partial charge is 0.484 e. The fraction of sp³-hybridized carbons (Fsp3) is 0.333. The lowest BCUT2D eigenvalue weighted by Crippen LogP contribution is -2.48. The van der Waals surface area contributed by atoms with E-state index in [2.05, 4.69) is 24.1 Å². The molecule has 178 valence electrons. The summed E-state index contributed by atoms with van der Waals surface area (Å²) in [6.07, 6.45) is 2.60. The van der Waals surface area contributed by atoms with E-state index in [0.717, 1.165) is 30.9 Å². The van der Waals surface area contributed by atoms with Crippen molar-refractivity contribution in [1.29, 1.82) is 0 Å². The Bertz CT molecular complexity index is 1070. The average molecular weight is 462 g/mol. The Balaban J connectivity index is 1.23. The zero-order valence-electron chi connectivity index (χ0n) is 19.7. The second kappa shape index (κ2) is 10.9. The lowest BCUT2D eigenvalue weighted by Gasteiger charge is -2.35. The first-order chi connectivity index (χ1) is 16.5. The van der Waals surface area contributed by atoms with Crippen LogP contribution >= 0.6 is 0 Å². The van der Waals surface area contributed by atoms with Crippen LogP contribution in [-0.4, -0.2) is 49.5 Å². The Morgan fingerprint density at radius 1 is 1.00 bits per heavy atom. The van der Waals surface area contributed by atoms with Gasteiger partial charge in [0.1, 0.15) is 5.75 Å². The van der Waals surface area contributed by atoms with Gasteiger partial charge in [0.05, 0.1) is 6.26 Å². The van der Waals surface area contributed by atoms with Crippen LogP contribution in [0.3, 0.4) is 0 Å². The van der Waals surface area contributed by atoms with Gasteiger partial charge in [0.25, 0.3) is 11.8 Å². The molecular weight excluding hydrogens is 430 g/mol. The molecule has 1 aliphatic rings. The fourth-order valence-electron chi connectivity index (χ4n) is 3.95. The first-order valence-electron chi connectivity index (χ1n) is 11.7. The third kappa shape index (κ3) is 5.78. The molecule has 7 nitrogen and oxygen atoms in total. The van der Waals surface area contributed by atoms with Crippen molar-refractivity contribution >= 4 is 23.2 Å². The van der Waals surface area contributed by atoms with E-state index >= 15 is 0 Å². The van der Waals surface area contributed by atoms with Gasteiger partial charge in [0, 0.05) is 37.6 Å². The molecule has 1 atom stereocenters. The number of hydrogen-bond acceptors (Lipinski definition) is 5. The predicted octanol–water partition coefficient (Wildman–Crippen LogP) is 4.77. The Morgan fingerprint density at radius 2 is 1.71 bits per heavy atom. The zero-order chi connectivity index (χ0) is 23.9. The Hall–Kier alpha value is -3.74. The minimum Gasteiger partial charge on any atom is -0.484 e. The van der Waals surface area contributed by atoms with E-state index in [-0.39, 0.29) is 18.4 Å². The maximum Gasteiger partial charge on any atom is 0.289 e. The normalized spacial score (nSPS) is 14.5. The molecule has 0 unspecified atom stereocenters. The Kier molecular flexibility index (Phi) is 7.52. The van der Waals surface area contributed by atoms with Gasteiger partial charge in [-0.05, 0) is 66.4 Å². The van der Waals surface area contributed by atoms with Gasteiger partial charge in [-0.2, -0.15) is 0 Å². The fourth-order valence-corrected chi connectivity index (χ4v) is 3.95. The number of hydrogen-bond donors (Lipinski definition) is 1. The minimum absolute atomic E-state index is 0.0455. The third-order valence-corrected chi connectivity index (χ3v) is 6.25. The third-order valence-electron chi connectivity index (χ3n) is 6.25. The number of amides is 2. The SMILES string of the molecule is CC[C@H](C)c1ccc(OCC(=O)Nc2ccc(N3CCN(C(=O)c4ccco4)CC3)cc2)cc1. The van der Waals surface area contributed by atoms with Crippen LogP contribution in [0.5, 0.6) is 5.75 Å². The molecule has 0 aliphatic carbocycles. The molecule has 1 aromatic heterocycles. The first kappa shape index (κ1) is 23.4. The predicted molar refractivity (Wildman–Crippen MR) is 133 cm³/mol. The Morgan fingerprint density at radius 3 is 2.32 bits per heavy atom. The van der Waals surface area contributed by atoms with Crippen molar-refractivity contribution in [1.82, 2.24) is 4.90 Å². The second-order valence-corrected chi connectivity index (χ2v) is 8.52. The molecule has 2 aromatic carbocycles. The van der Waals surface area contributed by atoms with Crippen molar-refractivity contribution in [3.05, 3.63) is 78.3 Å². The lowest BCUT2D eigenvalue weighted by molar-refractivity contribution is -0.118. The van der Waals surface area contributed by atoms with Crippen LogP contribution in [0.25, 0.3) is 0 Å². The van der Waals surface area contributed by atoms with E-state index in [1.165, 1.54) is 11.8 Å². The molecular formula is C27H31N3O4. The number of anilines is 2. The van der Waals surface area contributed by atoms with E-state index in [9.17, 15) is 9.59 Å². The number of nitrogens with zero attached hydrogens (tertiary/aromatic N) is 2. The standard InChI is InChI=1S/C27H31N3O4/c1-3-20(2)21-6-12-24(13-7-21)34-19-26(31)28-22-8-10-23(11-9-22)29-14-16-30(17-15-29)27(32)25-5-4-18-33-25/h4-13,18,20H,3,14-17,19H2,1-2H3,(H,28,31)/t20-/m0/s1. The van der Waals surface area contributed by atoms with Crippen LogP contribution in [0, 0.1) is 0 Å². The maximum atomic E-state index is 12.4. The highest BCUT2D eigenvalue weighted by Crippen LogP contribution is 2.22. The summed E-state index contributed by atoms with van der Waals surface area (Å²) in [5, 5.41) is 2.87. The van der Waals surface area contributed by atoms with Crippen molar-refractivity contribution in [3.63, 3.8) is 0 Å². The van der Waals surface area contributed by atoms with Crippen LogP contribution < -0.4 is 15.0 Å². The van der Waals surface area contributed by atoms with Gasteiger partial charge in [0.2, 0.25) is 0 Å². The van der Waals surface area contributed by atoms with Gasteiger partial charge in [-0.3, -0.25) is 9.59 Å². The van der Waals surface area contributed by atoms with Gasteiger partial charge < -0.3 is 24.3 Å². The zero-order valence-corrected chi connectivity index (χ0v) is 19.7. The average Bonchev–Trinajstić information content (AvgIpc) is 3.43. The molecule has 1 saturated heterocycles. The van der Waals surface area contributed by atoms with Gasteiger partial charge in [-0.1, -0.05) is 26.0 Å². The van der Waals surface area contributed by atoms with E-state index in [1.807, 2.05) is 53.4 Å². The minimum atomic E-state index is -0.205. The number of nitrogens with one attached hydrogen (secondary N) is 1. The highest BCUT2D eigenvalue weighted by molar-refractivity contribution is 5.92. The van der Waals surface area contributed by atoms with E-state index in [0.29, 0.717) is 30.5 Å². The molecule has 0 radical (unpaired) electrons. The first-order valence-corrected chi connectivity index (χ1v) is 11.7. The summed E-state index contributed by atoms with van der Waals surface area (Å²) in [6, 6.07) is 19.1. The molecule has 7 heteroatoms. The molecule has 1 fully saturated rings. The van der Waals surface area contributed by atoms with Crippen molar-refractivity contribution in [3.8, 4) is 5.75 Å². The van der Waals surface area contributed by atoms with Gasteiger partial charge >= 0.3 is 0 Å². The summed E-state index contributed by atoms with van der Waals surface area (Å²) in [5.41, 5.74) is 3.04. The molecule has 2 amide bonds. The molecule has 0 saturated carbocycles. The molecule has 34 heavy (non-hydrogen) atoms. The summed E-state index contributed by atoms with van der Waals surface area (Å²) in [5.74, 6) is 1.29. The molecule has 4 rings (SSSR count). The monoisotopic (exact) mass is 461 g/mol. The molecule has 0 spiro atoms. The van der Waals surface area contributed by atoms with Crippen LogP contribution in [-0.2, 0) is 4.79 Å². The second-order valence-electron chi connectivity index (χ2n) is 8.52. The number of piperazine rings is 1. The quantitative estimate of drug-likeness (QED) is 0.523. The number of furan rings is 1. The topological polar surface area (TPSA) is 75.0 Å². The summed E-state index contributed by atoms with van der Waals surface area (Å²) in [7, 11) is 0. The molecule has 1 N–H and O–H groups in total. The number of rotatable bonds is 8. The van der Waals surface area contributed by atoms with E-state index in [4.69, 9.17) is 9.15 Å². The van der Waals surface area contributed by atoms with Crippen molar-refractivity contribution in [2.75, 3.05) is 43.0 Å². The van der Waals surface area contributed by atoms with Crippen molar-refractivity contribution in [2.45, 2.75) is 26.2 Å². The van der Waals surface area contributed by atoms with Gasteiger partial charge in [-0.15, -0.1) is 0 Å². The smallest absolute Gasteiger partial charge is 0.289 e. The number of ether oxygens (including phenoxy) is 1. The number of carbonyl (C=O) groups is 2. The van der Waals surface area contributed by atoms with Gasteiger partial charge in [-0.25, -0.2) is 0 Å². The van der Waals surface area contributed by atoms with Crippen molar-refractivity contribution < 1.29 is 18.7 Å². The summed E-state index contributed by atoms with van der Waals surface area (Å²) < 4.78 is 10.8. The molecule has 1 aliphatic heterocycles. The van der Waals surface area contributed by atoms with Crippen LogP contribution in [0.15, 0.2) is 71.3 Å². The maximum absolute atomic E-state index is 12.4. The summed E-state index contributed by atoms with van der Waals surface area (Å²) >= 11 is 0. The Labute approximate surface area is 200 Å². The van der Waals surface area contributed by atoms with Crippen LogP contribution in [0.1, 0.15) is 42.3 Å². The van der Waals surface area contributed by atoms with E-state index in [1.54, 1.807) is 12.1 Å². The van der Waals surface area contributed by atoms with E-state index < -0.39 is 0 Å². The molecule has 3 aromatic rings. The molecule has 0 bridgehead atoms. The number of benzene rings is 2. The van der Waals surface area contributed by atoms with Crippen LogP contribution in [0.4, 0.5) is 11.4 Å².